The maximum atomic E-state index is 12.9. The fourth-order valence-electron chi connectivity index (χ4n) is 2.79. The van der Waals surface area contributed by atoms with E-state index in [1.165, 1.54) is 18.4 Å². The molecule has 0 atom stereocenters. The van der Waals surface area contributed by atoms with Crippen LogP contribution in [0.3, 0.4) is 0 Å². The van der Waals surface area contributed by atoms with Gasteiger partial charge in [-0.1, -0.05) is 18.2 Å². The fraction of sp³-hybridized carbons (Fsp3) is 0.263. The lowest BCUT2D eigenvalue weighted by Gasteiger charge is -2.06. The first-order valence-electron chi connectivity index (χ1n) is 7.96. The zero-order chi connectivity index (χ0) is 18.8. The second-order valence-electron chi connectivity index (χ2n) is 5.77. The van der Waals surface area contributed by atoms with Crippen molar-refractivity contribution in [1.82, 2.24) is 0 Å². The Morgan fingerprint density at radius 2 is 1.92 bits per heavy atom. The number of benzene rings is 1. The highest BCUT2D eigenvalue weighted by atomic mass is 32.1. The number of furan rings is 1. The van der Waals surface area contributed by atoms with Gasteiger partial charge in [-0.25, -0.2) is 4.79 Å². The molecule has 0 spiro atoms. The van der Waals surface area contributed by atoms with Crippen LogP contribution in [0, 0.1) is 13.8 Å². The van der Waals surface area contributed by atoms with Gasteiger partial charge >= 0.3 is 5.97 Å². The van der Waals surface area contributed by atoms with Crippen LogP contribution < -0.4 is 5.32 Å². The number of methoxy groups -OCH3 is 2. The number of hydrogen-bond acceptors (Lipinski definition) is 6. The summed E-state index contributed by atoms with van der Waals surface area (Å²) in [7, 11) is 2.88. The van der Waals surface area contributed by atoms with E-state index in [0.29, 0.717) is 21.7 Å². The van der Waals surface area contributed by atoms with E-state index < -0.39 is 11.9 Å². The summed E-state index contributed by atoms with van der Waals surface area (Å²) in [6.45, 7) is 3.96. The van der Waals surface area contributed by atoms with Crippen LogP contribution in [0.25, 0.3) is 11.0 Å². The molecule has 0 fully saturated rings. The van der Waals surface area contributed by atoms with E-state index in [4.69, 9.17) is 13.9 Å². The number of rotatable bonds is 5. The first-order valence-corrected chi connectivity index (χ1v) is 8.78. The highest BCUT2D eigenvalue weighted by Gasteiger charge is 2.25. The Morgan fingerprint density at radius 3 is 2.62 bits per heavy atom. The summed E-state index contributed by atoms with van der Waals surface area (Å²) in [5.74, 6) is -0.740. The first-order chi connectivity index (χ1) is 12.5. The molecule has 0 saturated carbocycles. The highest BCUT2D eigenvalue weighted by molar-refractivity contribution is 7.16. The quantitative estimate of drug-likeness (QED) is 0.675. The van der Waals surface area contributed by atoms with Crippen molar-refractivity contribution < 1.29 is 23.5 Å². The second kappa shape index (κ2) is 7.31. The Bertz CT molecular complexity index is 985. The van der Waals surface area contributed by atoms with Crippen molar-refractivity contribution >= 4 is 39.2 Å². The van der Waals surface area contributed by atoms with Crippen molar-refractivity contribution in [3.8, 4) is 0 Å². The number of anilines is 1. The number of carbonyl (C=O) groups is 2. The zero-order valence-corrected chi connectivity index (χ0v) is 15.8. The molecular weight excluding hydrogens is 354 g/mol. The number of thiophene rings is 1. The summed E-state index contributed by atoms with van der Waals surface area (Å²) < 4.78 is 15.8. The molecule has 0 aliphatic rings. The largest absolute Gasteiger partial charge is 0.465 e. The molecule has 7 heteroatoms. The molecule has 3 rings (SSSR count). The minimum atomic E-state index is -0.483. The third-order valence-corrected chi connectivity index (χ3v) is 5.32. The van der Waals surface area contributed by atoms with Gasteiger partial charge in [-0.3, -0.25) is 4.79 Å². The van der Waals surface area contributed by atoms with E-state index in [1.807, 2.05) is 32.0 Å². The van der Waals surface area contributed by atoms with E-state index in [1.54, 1.807) is 13.2 Å². The third kappa shape index (κ3) is 3.11. The fourth-order valence-corrected chi connectivity index (χ4v) is 3.84. The van der Waals surface area contributed by atoms with Crippen molar-refractivity contribution in [2.45, 2.75) is 20.5 Å². The molecule has 3 aromatic rings. The number of aryl methyl sites for hydroxylation is 1. The van der Waals surface area contributed by atoms with E-state index in [0.717, 1.165) is 15.8 Å². The van der Waals surface area contributed by atoms with E-state index >= 15 is 0 Å². The lowest BCUT2D eigenvalue weighted by molar-refractivity contribution is 0.0601. The average Bonchev–Trinajstić information content (AvgIpc) is 3.13. The maximum Gasteiger partial charge on any atom is 0.341 e. The summed E-state index contributed by atoms with van der Waals surface area (Å²) in [5, 5.41) is 4.06. The van der Waals surface area contributed by atoms with Gasteiger partial charge in [0.2, 0.25) is 0 Å². The molecule has 26 heavy (non-hydrogen) atoms. The van der Waals surface area contributed by atoms with Crippen molar-refractivity contribution in [3.63, 3.8) is 0 Å². The first kappa shape index (κ1) is 18.2. The Morgan fingerprint density at radius 1 is 1.19 bits per heavy atom. The van der Waals surface area contributed by atoms with Crippen molar-refractivity contribution in [2.75, 3.05) is 19.5 Å². The van der Waals surface area contributed by atoms with Crippen molar-refractivity contribution in [2.24, 2.45) is 0 Å². The van der Waals surface area contributed by atoms with Gasteiger partial charge in [0.1, 0.15) is 10.6 Å². The number of ether oxygens (including phenoxy) is 2. The van der Waals surface area contributed by atoms with Crippen LogP contribution in [0.4, 0.5) is 5.00 Å². The molecule has 136 valence electrons. The van der Waals surface area contributed by atoms with Crippen LogP contribution >= 0.6 is 11.3 Å². The number of esters is 1. The number of hydrogen-bond donors (Lipinski definition) is 1. The summed E-state index contributed by atoms with van der Waals surface area (Å²) in [6, 6.07) is 7.39. The average molecular weight is 373 g/mol. The van der Waals surface area contributed by atoms with Gasteiger partial charge in [0.05, 0.1) is 19.3 Å². The lowest BCUT2D eigenvalue weighted by atomic mass is 10.1. The summed E-state index contributed by atoms with van der Waals surface area (Å²) in [6.07, 6.45) is 0. The van der Waals surface area contributed by atoms with Gasteiger partial charge in [0, 0.05) is 22.9 Å². The SMILES string of the molecule is COCc1c(C(=O)Nc2sc(C)c(C)c2C(=O)OC)oc2ccccc12. The van der Waals surface area contributed by atoms with Crippen LogP contribution in [-0.2, 0) is 16.1 Å². The topological polar surface area (TPSA) is 77.8 Å². The van der Waals surface area contributed by atoms with Gasteiger partial charge in [0.25, 0.3) is 5.91 Å². The van der Waals surface area contributed by atoms with Crippen LogP contribution in [0.15, 0.2) is 28.7 Å². The van der Waals surface area contributed by atoms with Gasteiger partial charge < -0.3 is 19.2 Å². The molecule has 0 aliphatic carbocycles. The van der Waals surface area contributed by atoms with Crippen LogP contribution in [-0.4, -0.2) is 26.1 Å². The summed E-state index contributed by atoms with van der Waals surface area (Å²) in [4.78, 5) is 25.9. The molecule has 0 saturated heterocycles. The van der Waals surface area contributed by atoms with Crippen molar-refractivity contribution in [1.29, 1.82) is 0 Å². The minimum absolute atomic E-state index is 0.174. The number of carbonyl (C=O) groups excluding carboxylic acids is 2. The molecule has 1 N–H and O–H groups in total. The Balaban J connectivity index is 2.02. The molecule has 0 radical (unpaired) electrons. The molecule has 2 aromatic heterocycles. The molecule has 1 aromatic carbocycles. The van der Waals surface area contributed by atoms with Crippen LogP contribution in [0.5, 0.6) is 0 Å². The van der Waals surface area contributed by atoms with E-state index in [-0.39, 0.29) is 12.4 Å². The molecule has 0 bridgehead atoms. The van der Waals surface area contributed by atoms with Crippen molar-refractivity contribution in [3.05, 3.63) is 51.6 Å². The summed E-state index contributed by atoms with van der Waals surface area (Å²) >= 11 is 1.33. The second-order valence-corrected chi connectivity index (χ2v) is 7.00. The Labute approximate surface area is 154 Å². The molecule has 0 unspecified atom stereocenters. The lowest BCUT2D eigenvalue weighted by Crippen LogP contribution is -2.15. The highest BCUT2D eigenvalue weighted by Crippen LogP contribution is 2.34. The number of para-hydroxylation sites is 1. The number of amides is 1. The monoisotopic (exact) mass is 373 g/mol. The van der Waals surface area contributed by atoms with E-state index in [9.17, 15) is 9.59 Å². The standard InChI is InChI=1S/C19H19NO5S/c1-10-11(2)26-18(15(10)19(22)24-4)20-17(21)16-13(9-23-3)12-7-5-6-8-14(12)25-16/h5-8H,9H2,1-4H3,(H,20,21). The Kier molecular flexibility index (Phi) is 5.11. The molecule has 6 nitrogen and oxygen atoms in total. The van der Waals surface area contributed by atoms with Crippen LogP contribution in [0.2, 0.25) is 0 Å². The molecule has 1 amide bonds. The molecule has 2 heterocycles. The minimum Gasteiger partial charge on any atom is -0.465 e. The third-order valence-electron chi connectivity index (χ3n) is 4.20. The predicted octanol–water partition coefficient (Wildman–Crippen LogP) is 4.30. The van der Waals surface area contributed by atoms with Crippen LogP contribution in [0.1, 0.15) is 36.9 Å². The van der Waals surface area contributed by atoms with Gasteiger partial charge in [-0.15, -0.1) is 11.3 Å². The number of fused-ring (bicyclic) bond motifs is 1. The maximum absolute atomic E-state index is 12.9. The van der Waals surface area contributed by atoms with E-state index in [2.05, 4.69) is 5.32 Å². The zero-order valence-electron chi connectivity index (χ0n) is 15.0. The van der Waals surface area contributed by atoms with Gasteiger partial charge in [-0.05, 0) is 25.5 Å². The smallest absolute Gasteiger partial charge is 0.341 e. The predicted molar refractivity (Wildman–Crippen MR) is 100 cm³/mol. The molecular formula is C19H19NO5S. The summed E-state index contributed by atoms with van der Waals surface area (Å²) in [5.41, 5.74) is 2.44. The van der Waals surface area contributed by atoms with Gasteiger partial charge in [-0.2, -0.15) is 0 Å². The van der Waals surface area contributed by atoms with Gasteiger partial charge in [0.15, 0.2) is 5.76 Å². The normalized spacial score (nSPS) is 10.9. The Hall–Kier alpha value is -2.64. The molecule has 0 aliphatic heterocycles. The number of nitrogens with one attached hydrogen (secondary N) is 1.